The molecule has 33 heavy (non-hydrogen) atoms. The van der Waals surface area contributed by atoms with Gasteiger partial charge in [0.1, 0.15) is 11.6 Å². The lowest BCUT2D eigenvalue weighted by molar-refractivity contribution is 0.101. The molecule has 4 aromatic heterocycles. The first kappa shape index (κ1) is 20.0. The number of H-pyrrole nitrogens is 1. The van der Waals surface area contributed by atoms with E-state index in [1.807, 2.05) is 12.1 Å². The summed E-state index contributed by atoms with van der Waals surface area (Å²) in [5.74, 6) is 0.568. The Bertz CT molecular complexity index is 1430. The molecular weight excluding hydrogens is 418 g/mol. The Labute approximate surface area is 188 Å². The number of benzene rings is 1. The van der Waals surface area contributed by atoms with E-state index in [-0.39, 0.29) is 11.8 Å². The Morgan fingerprint density at radius 2 is 1.36 bits per heavy atom. The molecule has 160 valence electrons. The van der Waals surface area contributed by atoms with Gasteiger partial charge in [-0.05, 0) is 48.5 Å². The van der Waals surface area contributed by atoms with Gasteiger partial charge in [0.15, 0.2) is 0 Å². The van der Waals surface area contributed by atoms with Crippen LogP contribution in [-0.4, -0.2) is 36.7 Å². The van der Waals surface area contributed by atoms with E-state index in [0.29, 0.717) is 34.0 Å². The highest BCUT2D eigenvalue weighted by Gasteiger charge is 2.11. The predicted molar refractivity (Wildman–Crippen MR) is 124 cm³/mol. The van der Waals surface area contributed by atoms with Crippen molar-refractivity contribution in [2.24, 2.45) is 0 Å². The first-order chi connectivity index (χ1) is 16.2. The average Bonchev–Trinajstić information content (AvgIpc) is 3.29. The molecule has 3 N–H and O–H groups in total. The Morgan fingerprint density at radius 1 is 0.758 bits per heavy atom. The summed E-state index contributed by atoms with van der Waals surface area (Å²) in [5.41, 5.74) is 3.94. The molecule has 9 heteroatoms. The number of rotatable bonds is 5. The minimum atomic E-state index is -0.274. The number of anilines is 2. The number of imidazole rings is 1. The van der Waals surface area contributed by atoms with Gasteiger partial charge >= 0.3 is 0 Å². The molecule has 0 aliphatic heterocycles. The maximum absolute atomic E-state index is 12.3. The number of aromatic nitrogens is 5. The van der Waals surface area contributed by atoms with E-state index >= 15 is 0 Å². The average molecular weight is 435 g/mol. The van der Waals surface area contributed by atoms with Crippen LogP contribution in [0, 0.1) is 0 Å². The van der Waals surface area contributed by atoms with Crippen molar-refractivity contribution in [1.29, 1.82) is 0 Å². The van der Waals surface area contributed by atoms with E-state index in [4.69, 9.17) is 0 Å². The van der Waals surface area contributed by atoms with Crippen LogP contribution in [0.25, 0.3) is 22.4 Å². The maximum Gasteiger partial charge on any atom is 0.256 e. The van der Waals surface area contributed by atoms with Crippen molar-refractivity contribution in [2.75, 3.05) is 10.6 Å². The molecule has 0 fully saturated rings. The van der Waals surface area contributed by atoms with Gasteiger partial charge in [-0.2, -0.15) is 0 Å². The quantitative estimate of drug-likeness (QED) is 0.384. The normalized spacial score (nSPS) is 10.7. The van der Waals surface area contributed by atoms with Crippen LogP contribution in [0.1, 0.15) is 20.7 Å². The molecule has 0 aliphatic carbocycles. The van der Waals surface area contributed by atoms with Gasteiger partial charge in [0, 0.05) is 53.2 Å². The third-order valence-electron chi connectivity index (χ3n) is 4.91. The summed E-state index contributed by atoms with van der Waals surface area (Å²) >= 11 is 0. The highest BCUT2D eigenvalue weighted by Crippen LogP contribution is 2.23. The van der Waals surface area contributed by atoms with Crippen LogP contribution in [0.3, 0.4) is 0 Å². The van der Waals surface area contributed by atoms with E-state index in [9.17, 15) is 9.59 Å². The molecule has 4 heterocycles. The van der Waals surface area contributed by atoms with E-state index in [1.54, 1.807) is 73.4 Å². The van der Waals surface area contributed by atoms with Crippen molar-refractivity contribution in [2.45, 2.75) is 0 Å². The zero-order chi connectivity index (χ0) is 22.6. The van der Waals surface area contributed by atoms with Gasteiger partial charge in [-0.15, -0.1) is 0 Å². The second kappa shape index (κ2) is 8.67. The van der Waals surface area contributed by atoms with Crippen LogP contribution in [0.4, 0.5) is 11.5 Å². The second-order valence-electron chi connectivity index (χ2n) is 7.13. The zero-order valence-electron chi connectivity index (χ0n) is 17.2. The highest BCUT2D eigenvalue weighted by molar-refractivity contribution is 6.05. The Hall–Kier alpha value is -4.92. The molecule has 9 nitrogen and oxygen atoms in total. The lowest BCUT2D eigenvalue weighted by Gasteiger charge is -2.05. The summed E-state index contributed by atoms with van der Waals surface area (Å²) in [6.45, 7) is 0. The van der Waals surface area contributed by atoms with Gasteiger partial charge < -0.3 is 15.6 Å². The number of amides is 2. The van der Waals surface area contributed by atoms with E-state index in [1.165, 1.54) is 0 Å². The standard InChI is InChI=1S/C24H17N7O2/c32-23(16-5-9-25-10-6-16)28-18-3-1-15(2-4-18)22-29-19-13-21(27-14-20(19)30-22)31-24(33)17-7-11-26-12-8-17/h1-14H,(H,28,32)(H,29,30)(H,27,31,33). The first-order valence-corrected chi connectivity index (χ1v) is 10.0. The lowest BCUT2D eigenvalue weighted by atomic mass is 10.2. The molecule has 0 bridgehead atoms. The van der Waals surface area contributed by atoms with Crippen LogP contribution in [0.15, 0.2) is 85.6 Å². The summed E-state index contributed by atoms with van der Waals surface area (Å²) in [4.78, 5) is 44.6. The number of nitrogens with one attached hydrogen (secondary N) is 3. The molecule has 5 rings (SSSR count). The minimum Gasteiger partial charge on any atom is -0.337 e. The Balaban J connectivity index is 1.31. The van der Waals surface area contributed by atoms with Gasteiger partial charge in [-0.25, -0.2) is 9.97 Å². The molecule has 0 saturated carbocycles. The number of aromatic amines is 1. The van der Waals surface area contributed by atoms with Gasteiger partial charge in [0.25, 0.3) is 11.8 Å². The maximum atomic E-state index is 12.3. The Kier molecular flexibility index (Phi) is 5.26. The third kappa shape index (κ3) is 4.42. The highest BCUT2D eigenvalue weighted by atomic mass is 16.2. The molecule has 0 radical (unpaired) electrons. The summed E-state index contributed by atoms with van der Waals surface area (Å²) in [5, 5.41) is 5.61. The topological polar surface area (TPSA) is 126 Å². The molecule has 0 atom stereocenters. The molecule has 0 unspecified atom stereocenters. The molecule has 2 amide bonds. The molecule has 5 aromatic rings. The van der Waals surface area contributed by atoms with E-state index in [2.05, 4.69) is 35.6 Å². The third-order valence-corrected chi connectivity index (χ3v) is 4.91. The summed E-state index contributed by atoms with van der Waals surface area (Å²) < 4.78 is 0. The van der Waals surface area contributed by atoms with Crippen molar-refractivity contribution in [1.82, 2.24) is 24.9 Å². The van der Waals surface area contributed by atoms with Crippen LogP contribution in [0.2, 0.25) is 0 Å². The number of hydrogen-bond donors (Lipinski definition) is 3. The van der Waals surface area contributed by atoms with Crippen molar-refractivity contribution < 1.29 is 9.59 Å². The summed E-state index contributed by atoms with van der Waals surface area (Å²) in [6, 6.07) is 15.6. The van der Waals surface area contributed by atoms with Crippen molar-refractivity contribution in [3.05, 3.63) is 96.7 Å². The predicted octanol–water partition coefficient (Wildman–Crippen LogP) is 3.92. The first-order valence-electron chi connectivity index (χ1n) is 10.0. The number of fused-ring (bicyclic) bond motifs is 1. The van der Waals surface area contributed by atoms with Crippen LogP contribution >= 0.6 is 0 Å². The molecule has 1 aromatic carbocycles. The van der Waals surface area contributed by atoms with Crippen LogP contribution < -0.4 is 10.6 Å². The molecule has 0 saturated heterocycles. The fourth-order valence-electron chi connectivity index (χ4n) is 3.22. The molecular formula is C24H17N7O2. The van der Waals surface area contributed by atoms with Gasteiger partial charge in [0.05, 0.1) is 17.2 Å². The van der Waals surface area contributed by atoms with Gasteiger partial charge in [-0.1, -0.05) is 0 Å². The second-order valence-corrected chi connectivity index (χ2v) is 7.13. The zero-order valence-corrected chi connectivity index (χ0v) is 17.2. The SMILES string of the molecule is O=C(Nc1ccc(-c2nc3cc(NC(=O)c4ccncc4)ncc3[nH]2)cc1)c1ccncc1. The van der Waals surface area contributed by atoms with Crippen molar-refractivity contribution in [3.8, 4) is 11.4 Å². The van der Waals surface area contributed by atoms with E-state index < -0.39 is 0 Å². The van der Waals surface area contributed by atoms with Crippen molar-refractivity contribution in [3.63, 3.8) is 0 Å². The monoisotopic (exact) mass is 435 g/mol. The lowest BCUT2D eigenvalue weighted by Crippen LogP contribution is -2.12. The summed E-state index contributed by atoms with van der Waals surface area (Å²) in [7, 11) is 0. The van der Waals surface area contributed by atoms with E-state index in [0.717, 1.165) is 11.1 Å². The Morgan fingerprint density at radius 3 is 2.00 bits per heavy atom. The molecule has 0 aliphatic rings. The largest absolute Gasteiger partial charge is 0.337 e. The number of hydrogen-bond acceptors (Lipinski definition) is 6. The number of pyridine rings is 3. The van der Waals surface area contributed by atoms with Crippen LogP contribution in [0.5, 0.6) is 0 Å². The fraction of sp³-hybridized carbons (Fsp3) is 0. The fourth-order valence-corrected chi connectivity index (χ4v) is 3.22. The van der Waals surface area contributed by atoms with Crippen molar-refractivity contribution >= 4 is 34.4 Å². The van der Waals surface area contributed by atoms with Crippen LogP contribution in [-0.2, 0) is 0 Å². The number of carbonyl (C=O) groups is 2. The summed E-state index contributed by atoms with van der Waals surface area (Å²) in [6.07, 6.45) is 7.88. The minimum absolute atomic E-state index is 0.207. The van der Waals surface area contributed by atoms with Gasteiger partial charge in [0.2, 0.25) is 0 Å². The molecule has 0 spiro atoms. The number of carbonyl (C=O) groups excluding carboxylic acids is 2. The van der Waals surface area contributed by atoms with Gasteiger partial charge in [-0.3, -0.25) is 19.6 Å². The smallest absolute Gasteiger partial charge is 0.256 e. The number of nitrogens with zero attached hydrogens (tertiary/aromatic N) is 4.